The van der Waals surface area contributed by atoms with E-state index in [2.05, 4.69) is 15.5 Å². The molecule has 0 saturated carbocycles. The van der Waals surface area contributed by atoms with Crippen molar-refractivity contribution in [3.8, 4) is 0 Å². The average molecular weight is 293 g/mol. The molecule has 21 heavy (non-hydrogen) atoms. The van der Waals surface area contributed by atoms with Crippen LogP contribution in [0.2, 0.25) is 0 Å². The van der Waals surface area contributed by atoms with E-state index in [1.54, 1.807) is 14.0 Å². The van der Waals surface area contributed by atoms with Crippen LogP contribution in [0.3, 0.4) is 0 Å². The number of nitrogens with zero attached hydrogens (tertiary/aromatic N) is 2. The molecule has 112 valence electrons. The Kier molecular flexibility index (Phi) is 4.83. The first kappa shape index (κ1) is 14.9. The summed E-state index contributed by atoms with van der Waals surface area (Å²) in [5.41, 5.74) is -0.288. The van der Waals surface area contributed by atoms with Gasteiger partial charge in [0, 0.05) is 25.7 Å². The molecule has 0 atom stereocenters. The topological polar surface area (TPSA) is 107 Å². The van der Waals surface area contributed by atoms with E-state index < -0.39 is 5.91 Å². The van der Waals surface area contributed by atoms with Crippen LogP contribution < -0.4 is 10.7 Å². The molecule has 0 aromatic carbocycles. The minimum atomic E-state index is -0.521. The molecule has 0 aliphatic heterocycles. The molecular formula is C13H15N3O5. The van der Waals surface area contributed by atoms with Crippen LogP contribution in [0, 0.1) is 6.92 Å². The Morgan fingerprint density at radius 1 is 1.43 bits per heavy atom. The van der Waals surface area contributed by atoms with E-state index in [0.29, 0.717) is 24.6 Å². The fraction of sp³-hybridized carbons (Fsp3) is 0.385. The second kappa shape index (κ2) is 6.80. The van der Waals surface area contributed by atoms with Gasteiger partial charge in [0.05, 0.1) is 13.2 Å². The number of aryl methyl sites for hydroxylation is 1. The first-order valence-corrected chi connectivity index (χ1v) is 6.29. The van der Waals surface area contributed by atoms with Crippen molar-refractivity contribution in [2.45, 2.75) is 19.9 Å². The Hall–Kier alpha value is -2.48. The molecule has 0 bridgehead atoms. The van der Waals surface area contributed by atoms with Crippen molar-refractivity contribution in [3.05, 3.63) is 45.6 Å². The number of aromatic nitrogens is 2. The number of nitrogens with one attached hydrogen (secondary N) is 1. The zero-order valence-corrected chi connectivity index (χ0v) is 11.7. The van der Waals surface area contributed by atoms with Gasteiger partial charge in [-0.2, -0.15) is 4.98 Å². The largest absolute Gasteiger partial charge is 0.456 e. The second-order valence-electron chi connectivity index (χ2n) is 4.30. The highest BCUT2D eigenvalue weighted by molar-refractivity contribution is 5.91. The molecule has 2 rings (SSSR count). The lowest BCUT2D eigenvalue weighted by Gasteiger charge is -2.01. The molecular weight excluding hydrogens is 278 g/mol. The van der Waals surface area contributed by atoms with Crippen LogP contribution >= 0.6 is 0 Å². The molecule has 0 radical (unpaired) electrons. The SMILES string of the molecule is COCCc1noc(CNC(=O)c2cc(=O)cc(C)o2)n1. The van der Waals surface area contributed by atoms with E-state index in [9.17, 15) is 9.59 Å². The summed E-state index contributed by atoms with van der Waals surface area (Å²) in [5.74, 6) is 0.562. The summed E-state index contributed by atoms with van der Waals surface area (Å²) in [6, 6.07) is 2.43. The van der Waals surface area contributed by atoms with Gasteiger partial charge < -0.3 is 19.0 Å². The molecule has 0 saturated heterocycles. The highest BCUT2D eigenvalue weighted by Crippen LogP contribution is 2.02. The molecule has 2 aromatic rings. The lowest BCUT2D eigenvalue weighted by molar-refractivity contribution is 0.0914. The van der Waals surface area contributed by atoms with Crippen molar-refractivity contribution < 1.29 is 18.5 Å². The van der Waals surface area contributed by atoms with Crippen LogP contribution in [0.15, 0.2) is 25.9 Å². The monoisotopic (exact) mass is 293 g/mol. The standard InChI is InChI=1S/C13H15N3O5/c1-8-5-9(17)6-10(20-8)13(18)14-7-12-15-11(16-21-12)3-4-19-2/h5-6H,3-4,7H2,1-2H3,(H,14,18). The van der Waals surface area contributed by atoms with Gasteiger partial charge in [-0.3, -0.25) is 9.59 Å². The van der Waals surface area contributed by atoms with E-state index in [-0.39, 0.29) is 23.6 Å². The van der Waals surface area contributed by atoms with Crippen LogP contribution in [-0.4, -0.2) is 29.8 Å². The Bertz CT molecular complexity index is 676. The van der Waals surface area contributed by atoms with Crippen LogP contribution in [0.4, 0.5) is 0 Å². The summed E-state index contributed by atoms with van der Waals surface area (Å²) in [5, 5.41) is 6.28. The molecule has 0 unspecified atom stereocenters. The number of rotatable bonds is 6. The van der Waals surface area contributed by atoms with Crippen molar-refractivity contribution in [1.82, 2.24) is 15.5 Å². The van der Waals surface area contributed by atoms with Gasteiger partial charge in [-0.05, 0) is 6.92 Å². The van der Waals surface area contributed by atoms with Gasteiger partial charge >= 0.3 is 0 Å². The summed E-state index contributed by atoms with van der Waals surface area (Å²) in [4.78, 5) is 27.2. The Morgan fingerprint density at radius 2 is 2.24 bits per heavy atom. The number of ether oxygens (including phenoxy) is 1. The first-order chi connectivity index (χ1) is 10.1. The molecule has 2 heterocycles. The highest BCUT2D eigenvalue weighted by Gasteiger charge is 2.12. The second-order valence-corrected chi connectivity index (χ2v) is 4.30. The van der Waals surface area contributed by atoms with Gasteiger partial charge in [0.15, 0.2) is 17.0 Å². The summed E-state index contributed by atoms with van der Waals surface area (Å²) in [6.45, 7) is 2.13. The maximum Gasteiger partial charge on any atom is 0.287 e. The number of carbonyl (C=O) groups excluding carboxylic acids is 1. The smallest absolute Gasteiger partial charge is 0.287 e. The molecule has 0 fully saturated rings. The Labute approximate surface area is 120 Å². The van der Waals surface area contributed by atoms with Crippen LogP contribution in [0.1, 0.15) is 28.0 Å². The van der Waals surface area contributed by atoms with Crippen LogP contribution in [0.5, 0.6) is 0 Å². The molecule has 2 aromatic heterocycles. The van der Waals surface area contributed by atoms with E-state index in [1.807, 2.05) is 0 Å². The number of methoxy groups -OCH3 is 1. The number of hydrogen-bond donors (Lipinski definition) is 1. The van der Waals surface area contributed by atoms with Gasteiger partial charge in [-0.15, -0.1) is 0 Å². The predicted molar refractivity (Wildman–Crippen MR) is 70.8 cm³/mol. The number of hydrogen-bond acceptors (Lipinski definition) is 7. The molecule has 0 spiro atoms. The average Bonchev–Trinajstić information content (AvgIpc) is 2.89. The van der Waals surface area contributed by atoms with Crippen LogP contribution in [-0.2, 0) is 17.7 Å². The Balaban J connectivity index is 1.94. The molecule has 1 amide bonds. The van der Waals surface area contributed by atoms with Crippen molar-refractivity contribution >= 4 is 5.91 Å². The molecule has 0 aliphatic rings. The fourth-order valence-electron chi connectivity index (χ4n) is 1.62. The third-order valence-electron chi connectivity index (χ3n) is 2.55. The van der Waals surface area contributed by atoms with Crippen molar-refractivity contribution in [2.24, 2.45) is 0 Å². The van der Waals surface area contributed by atoms with Gasteiger partial charge in [0.1, 0.15) is 5.76 Å². The van der Waals surface area contributed by atoms with Crippen molar-refractivity contribution in [3.63, 3.8) is 0 Å². The normalized spacial score (nSPS) is 10.6. The van der Waals surface area contributed by atoms with Crippen molar-refractivity contribution in [2.75, 3.05) is 13.7 Å². The minimum absolute atomic E-state index is 0.0521. The van der Waals surface area contributed by atoms with Gasteiger partial charge in [-0.25, -0.2) is 0 Å². The quantitative estimate of drug-likeness (QED) is 0.823. The van der Waals surface area contributed by atoms with Crippen molar-refractivity contribution in [1.29, 1.82) is 0 Å². The lowest BCUT2D eigenvalue weighted by atomic mass is 10.3. The van der Waals surface area contributed by atoms with E-state index >= 15 is 0 Å². The van der Waals surface area contributed by atoms with E-state index in [0.717, 1.165) is 6.07 Å². The summed E-state index contributed by atoms with van der Waals surface area (Å²) < 4.78 is 15.0. The van der Waals surface area contributed by atoms with E-state index in [4.69, 9.17) is 13.7 Å². The molecule has 1 N–H and O–H groups in total. The number of carbonyl (C=O) groups is 1. The molecule has 0 aliphatic carbocycles. The zero-order chi connectivity index (χ0) is 15.2. The predicted octanol–water partition coefficient (Wildman–Crippen LogP) is 0.450. The third kappa shape index (κ3) is 4.25. The molecule has 8 heteroatoms. The summed E-state index contributed by atoms with van der Waals surface area (Å²) in [6.07, 6.45) is 0.528. The summed E-state index contributed by atoms with van der Waals surface area (Å²) in [7, 11) is 1.58. The third-order valence-corrected chi connectivity index (χ3v) is 2.55. The van der Waals surface area contributed by atoms with Gasteiger partial charge in [0.25, 0.3) is 5.91 Å². The van der Waals surface area contributed by atoms with Crippen LogP contribution in [0.25, 0.3) is 0 Å². The minimum Gasteiger partial charge on any atom is -0.456 e. The number of amides is 1. The summed E-state index contributed by atoms with van der Waals surface area (Å²) >= 11 is 0. The maximum absolute atomic E-state index is 11.8. The van der Waals surface area contributed by atoms with E-state index in [1.165, 1.54) is 6.07 Å². The van der Waals surface area contributed by atoms with Gasteiger partial charge in [-0.1, -0.05) is 5.16 Å². The molecule has 8 nitrogen and oxygen atoms in total. The zero-order valence-electron chi connectivity index (χ0n) is 11.7. The first-order valence-electron chi connectivity index (χ1n) is 6.29. The highest BCUT2D eigenvalue weighted by atomic mass is 16.5. The lowest BCUT2D eigenvalue weighted by Crippen LogP contribution is -2.24. The maximum atomic E-state index is 11.8. The van der Waals surface area contributed by atoms with Gasteiger partial charge in [0.2, 0.25) is 5.89 Å². The Morgan fingerprint density at radius 3 is 2.95 bits per heavy atom. The fourth-order valence-corrected chi connectivity index (χ4v) is 1.62.